The second-order valence-corrected chi connectivity index (χ2v) is 5.09. The minimum absolute atomic E-state index is 0.247. The van der Waals surface area contributed by atoms with E-state index in [4.69, 9.17) is 11.5 Å². The number of nitrogens with one attached hydrogen (secondary N) is 1. The monoisotopic (exact) mass is 287 g/mol. The Kier molecular flexibility index (Phi) is 3.86. The average Bonchev–Trinajstić information content (AvgIpc) is 2.82. The van der Waals surface area contributed by atoms with Gasteiger partial charge in [-0.15, -0.1) is 11.3 Å². The number of carbonyl (C=O) groups is 2. The second-order valence-electron chi connectivity index (χ2n) is 4.03. The number of hydrogen-bond acceptors (Lipinski definition) is 3. The number of urea groups is 1. The predicted molar refractivity (Wildman–Crippen MR) is 81.6 cm³/mol. The molecule has 0 fully saturated rings. The number of primary amides is 2. The number of carbonyl (C=O) groups excluding carboxylic acids is 2. The number of amides is 3. The molecule has 0 spiro atoms. The summed E-state index contributed by atoms with van der Waals surface area (Å²) in [5.41, 5.74) is 12.5. The summed E-state index contributed by atoms with van der Waals surface area (Å²) in [5, 5.41) is 2.76. The van der Waals surface area contributed by atoms with E-state index in [0.29, 0.717) is 5.00 Å². The first kappa shape index (κ1) is 13.8. The van der Waals surface area contributed by atoms with Gasteiger partial charge in [0.2, 0.25) is 0 Å². The lowest BCUT2D eigenvalue weighted by atomic mass is 10.1. The van der Waals surface area contributed by atoms with Gasteiger partial charge in [0.1, 0.15) is 5.00 Å². The lowest BCUT2D eigenvalue weighted by Crippen LogP contribution is -2.21. The zero-order valence-electron chi connectivity index (χ0n) is 10.6. The summed E-state index contributed by atoms with van der Waals surface area (Å²) in [6.45, 7) is 3.69. The van der Waals surface area contributed by atoms with Crippen molar-refractivity contribution in [2.75, 3.05) is 5.32 Å². The first-order chi connectivity index (χ1) is 9.51. The molecular formula is C14H13N3O2S. The Morgan fingerprint density at radius 2 is 1.85 bits per heavy atom. The van der Waals surface area contributed by atoms with E-state index >= 15 is 0 Å². The highest BCUT2D eigenvalue weighted by Crippen LogP contribution is 2.35. The Morgan fingerprint density at radius 3 is 2.35 bits per heavy atom. The molecule has 0 aliphatic rings. The molecule has 0 atom stereocenters. The molecule has 0 aliphatic carbocycles. The van der Waals surface area contributed by atoms with Crippen LogP contribution in [0, 0.1) is 0 Å². The smallest absolute Gasteiger partial charge is 0.317 e. The molecule has 2 rings (SSSR count). The molecule has 20 heavy (non-hydrogen) atoms. The Hall–Kier alpha value is -2.60. The van der Waals surface area contributed by atoms with Gasteiger partial charge in [-0.25, -0.2) is 4.79 Å². The quantitative estimate of drug-likeness (QED) is 0.805. The van der Waals surface area contributed by atoms with Crippen LogP contribution < -0.4 is 16.8 Å². The van der Waals surface area contributed by atoms with Crippen molar-refractivity contribution in [3.05, 3.63) is 48.0 Å². The van der Waals surface area contributed by atoms with Crippen molar-refractivity contribution in [3.8, 4) is 10.4 Å². The SMILES string of the molecule is C=Cc1ccc(-c2cc(C(N)=O)c(NC(N)=O)s2)cc1. The topological polar surface area (TPSA) is 98.2 Å². The van der Waals surface area contributed by atoms with Crippen LogP contribution in [0.4, 0.5) is 9.80 Å². The van der Waals surface area contributed by atoms with Crippen LogP contribution in [0.25, 0.3) is 16.5 Å². The van der Waals surface area contributed by atoms with Crippen molar-refractivity contribution in [1.29, 1.82) is 0 Å². The van der Waals surface area contributed by atoms with Gasteiger partial charge in [-0.1, -0.05) is 36.9 Å². The van der Waals surface area contributed by atoms with Crippen molar-refractivity contribution in [1.82, 2.24) is 0 Å². The summed E-state index contributed by atoms with van der Waals surface area (Å²) in [6.07, 6.45) is 1.74. The molecule has 1 aromatic heterocycles. The van der Waals surface area contributed by atoms with E-state index in [-0.39, 0.29) is 5.56 Å². The van der Waals surface area contributed by atoms with Crippen molar-refractivity contribution >= 4 is 34.4 Å². The zero-order valence-corrected chi connectivity index (χ0v) is 11.4. The van der Waals surface area contributed by atoms with Gasteiger partial charge < -0.3 is 11.5 Å². The molecule has 3 amide bonds. The maximum atomic E-state index is 11.4. The molecule has 2 aromatic rings. The zero-order chi connectivity index (χ0) is 14.7. The summed E-state index contributed by atoms with van der Waals surface area (Å²) < 4.78 is 0. The molecule has 1 aromatic carbocycles. The number of thiophene rings is 1. The summed E-state index contributed by atoms with van der Waals surface area (Å²) in [7, 11) is 0. The van der Waals surface area contributed by atoms with Gasteiger partial charge in [0.05, 0.1) is 5.56 Å². The van der Waals surface area contributed by atoms with Crippen LogP contribution in [0.3, 0.4) is 0 Å². The van der Waals surface area contributed by atoms with Crippen LogP contribution in [-0.2, 0) is 0 Å². The molecule has 0 saturated heterocycles. The molecule has 6 heteroatoms. The highest BCUT2D eigenvalue weighted by molar-refractivity contribution is 7.20. The number of anilines is 1. The molecule has 5 nitrogen and oxygen atoms in total. The van der Waals surface area contributed by atoms with Gasteiger partial charge in [-0.05, 0) is 17.2 Å². The number of benzene rings is 1. The van der Waals surface area contributed by atoms with E-state index in [1.165, 1.54) is 11.3 Å². The molecule has 1 heterocycles. The third kappa shape index (κ3) is 2.86. The van der Waals surface area contributed by atoms with E-state index in [0.717, 1.165) is 16.0 Å². The number of nitrogens with two attached hydrogens (primary N) is 2. The highest BCUT2D eigenvalue weighted by atomic mass is 32.1. The van der Waals surface area contributed by atoms with Gasteiger partial charge in [0.25, 0.3) is 5.91 Å². The summed E-state index contributed by atoms with van der Waals surface area (Å²) >= 11 is 1.24. The van der Waals surface area contributed by atoms with Crippen molar-refractivity contribution in [3.63, 3.8) is 0 Å². The van der Waals surface area contributed by atoms with Crippen LogP contribution >= 0.6 is 11.3 Å². The van der Waals surface area contributed by atoms with Crippen LogP contribution in [-0.4, -0.2) is 11.9 Å². The molecule has 5 N–H and O–H groups in total. The van der Waals surface area contributed by atoms with E-state index in [1.807, 2.05) is 24.3 Å². The Morgan fingerprint density at radius 1 is 1.20 bits per heavy atom. The highest BCUT2D eigenvalue weighted by Gasteiger charge is 2.15. The normalized spacial score (nSPS) is 10.0. The minimum atomic E-state index is -0.733. The van der Waals surface area contributed by atoms with Gasteiger partial charge in [-0.2, -0.15) is 0 Å². The fraction of sp³-hybridized carbons (Fsp3) is 0. The Labute approximate surface area is 119 Å². The van der Waals surface area contributed by atoms with Crippen molar-refractivity contribution in [2.45, 2.75) is 0 Å². The first-order valence-electron chi connectivity index (χ1n) is 5.74. The van der Waals surface area contributed by atoms with Crippen LogP contribution in [0.2, 0.25) is 0 Å². The minimum Gasteiger partial charge on any atom is -0.366 e. The second kappa shape index (κ2) is 5.58. The van der Waals surface area contributed by atoms with Gasteiger partial charge in [0, 0.05) is 4.88 Å². The fourth-order valence-corrected chi connectivity index (χ4v) is 2.78. The average molecular weight is 287 g/mol. The van der Waals surface area contributed by atoms with Crippen LogP contribution in [0.1, 0.15) is 15.9 Å². The van der Waals surface area contributed by atoms with Crippen molar-refractivity contribution < 1.29 is 9.59 Å². The molecule has 102 valence electrons. The predicted octanol–water partition coefficient (Wildman–Crippen LogP) is 2.65. The Bertz CT molecular complexity index is 674. The third-order valence-corrected chi connectivity index (χ3v) is 3.76. The molecule has 0 aliphatic heterocycles. The number of rotatable bonds is 4. The standard InChI is InChI=1S/C14H13N3O2S/c1-2-8-3-5-9(6-4-8)11-7-10(12(15)18)13(20-11)17-14(16)19/h2-7H,1H2,(H2,15,18)(H3,16,17,19). The largest absolute Gasteiger partial charge is 0.366 e. The van der Waals surface area contributed by atoms with Crippen molar-refractivity contribution in [2.24, 2.45) is 11.5 Å². The van der Waals surface area contributed by atoms with Crippen LogP contribution in [0.15, 0.2) is 36.9 Å². The van der Waals surface area contributed by atoms with E-state index < -0.39 is 11.9 Å². The van der Waals surface area contributed by atoms with E-state index in [2.05, 4.69) is 11.9 Å². The lowest BCUT2D eigenvalue weighted by Gasteiger charge is -1.99. The summed E-state index contributed by atoms with van der Waals surface area (Å²) in [5.74, 6) is -0.612. The van der Waals surface area contributed by atoms with Crippen LogP contribution in [0.5, 0.6) is 0 Å². The molecule has 0 radical (unpaired) electrons. The van der Waals surface area contributed by atoms with E-state index in [9.17, 15) is 9.59 Å². The third-order valence-electron chi connectivity index (χ3n) is 2.67. The maximum absolute atomic E-state index is 11.4. The molecule has 0 saturated carbocycles. The molecule has 0 bridgehead atoms. The first-order valence-corrected chi connectivity index (χ1v) is 6.56. The van der Waals surface area contributed by atoms with Gasteiger partial charge in [0.15, 0.2) is 0 Å². The number of hydrogen-bond donors (Lipinski definition) is 3. The van der Waals surface area contributed by atoms with Gasteiger partial charge >= 0.3 is 6.03 Å². The Balaban J connectivity index is 2.43. The lowest BCUT2D eigenvalue weighted by molar-refractivity contribution is 0.100. The summed E-state index contributed by atoms with van der Waals surface area (Å²) in [4.78, 5) is 23.1. The summed E-state index contributed by atoms with van der Waals surface area (Å²) in [6, 6.07) is 8.54. The molecule has 0 unspecified atom stereocenters. The molecular weight excluding hydrogens is 274 g/mol. The van der Waals surface area contributed by atoms with Gasteiger partial charge in [-0.3, -0.25) is 10.1 Å². The van der Waals surface area contributed by atoms with E-state index in [1.54, 1.807) is 12.1 Å². The maximum Gasteiger partial charge on any atom is 0.317 e. The fourth-order valence-electron chi connectivity index (χ4n) is 1.70.